The minimum Gasteiger partial charge on any atom is -0.380 e. The highest BCUT2D eigenvalue weighted by atomic mass is 32.2. The van der Waals surface area contributed by atoms with Gasteiger partial charge in [-0.3, -0.25) is 4.68 Å². The van der Waals surface area contributed by atoms with Crippen molar-refractivity contribution in [3.8, 4) is 0 Å². The standard InChI is InChI=1S/C14H24N4O4S/c1-3-17-10-12(9-16-17)13-11-23(20,21)8-6-18(13)14(19)15-5-7-22-4-2/h9-10,13H,3-8,11H2,1-2H3,(H,15,19)/t13-/m0/s1. The maximum Gasteiger partial charge on any atom is 0.318 e. The third kappa shape index (κ3) is 4.68. The molecule has 8 nitrogen and oxygen atoms in total. The molecule has 1 N–H and O–H groups in total. The summed E-state index contributed by atoms with van der Waals surface area (Å²) >= 11 is 0. The van der Waals surface area contributed by atoms with Crippen LogP contribution in [0.2, 0.25) is 0 Å². The summed E-state index contributed by atoms with van der Waals surface area (Å²) in [5.41, 5.74) is 0.745. The molecule has 0 aromatic carbocycles. The Balaban J connectivity index is 2.10. The third-order valence-corrected chi connectivity index (χ3v) is 5.41. The van der Waals surface area contributed by atoms with Crippen molar-refractivity contribution < 1.29 is 17.9 Å². The van der Waals surface area contributed by atoms with Crippen LogP contribution in [0.5, 0.6) is 0 Å². The zero-order valence-electron chi connectivity index (χ0n) is 13.6. The van der Waals surface area contributed by atoms with E-state index in [1.165, 1.54) is 0 Å². The average Bonchev–Trinajstić information content (AvgIpc) is 2.99. The zero-order valence-corrected chi connectivity index (χ0v) is 14.4. The third-order valence-electron chi connectivity index (χ3n) is 3.78. The summed E-state index contributed by atoms with van der Waals surface area (Å²) in [6, 6.07) is -0.769. The highest BCUT2D eigenvalue weighted by molar-refractivity contribution is 7.91. The number of amides is 2. The number of aromatic nitrogens is 2. The average molecular weight is 344 g/mol. The number of ether oxygens (including phenoxy) is 1. The van der Waals surface area contributed by atoms with Crippen LogP contribution in [-0.4, -0.2) is 66.9 Å². The van der Waals surface area contributed by atoms with Gasteiger partial charge in [-0.25, -0.2) is 13.2 Å². The predicted octanol–water partition coefficient (Wildman–Crippen LogP) is 0.421. The van der Waals surface area contributed by atoms with Gasteiger partial charge in [0.25, 0.3) is 0 Å². The van der Waals surface area contributed by atoms with Gasteiger partial charge < -0.3 is 15.0 Å². The Morgan fingerprint density at radius 1 is 1.48 bits per heavy atom. The highest BCUT2D eigenvalue weighted by Gasteiger charge is 2.35. The van der Waals surface area contributed by atoms with Crippen molar-refractivity contribution in [3.63, 3.8) is 0 Å². The van der Waals surface area contributed by atoms with Crippen molar-refractivity contribution in [1.29, 1.82) is 0 Å². The fourth-order valence-corrected chi connectivity index (χ4v) is 4.02. The summed E-state index contributed by atoms with van der Waals surface area (Å²) in [4.78, 5) is 13.9. The van der Waals surface area contributed by atoms with Gasteiger partial charge >= 0.3 is 6.03 Å². The van der Waals surface area contributed by atoms with Gasteiger partial charge in [-0.15, -0.1) is 0 Å². The van der Waals surface area contributed by atoms with E-state index < -0.39 is 15.9 Å². The molecular formula is C14H24N4O4S. The van der Waals surface area contributed by atoms with Gasteiger partial charge in [0.1, 0.15) is 0 Å². The summed E-state index contributed by atoms with van der Waals surface area (Å²) in [5.74, 6) is -0.0778. The van der Waals surface area contributed by atoms with Gasteiger partial charge in [0, 0.05) is 38.0 Å². The predicted molar refractivity (Wildman–Crippen MR) is 85.9 cm³/mol. The van der Waals surface area contributed by atoms with Crippen molar-refractivity contribution >= 4 is 15.9 Å². The second kappa shape index (κ2) is 7.78. The van der Waals surface area contributed by atoms with Crippen molar-refractivity contribution in [1.82, 2.24) is 20.0 Å². The van der Waals surface area contributed by atoms with E-state index in [-0.39, 0.29) is 24.1 Å². The summed E-state index contributed by atoms with van der Waals surface area (Å²) in [5, 5.41) is 6.96. The van der Waals surface area contributed by atoms with Crippen LogP contribution in [0.15, 0.2) is 12.4 Å². The molecule has 0 bridgehead atoms. The molecule has 1 atom stereocenters. The van der Waals surface area contributed by atoms with E-state index in [4.69, 9.17) is 4.74 Å². The number of aryl methyl sites for hydroxylation is 1. The molecular weight excluding hydrogens is 320 g/mol. The van der Waals surface area contributed by atoms with Crippen LogP contribution in [0, 0.1) is 0 Å². The van der Waals surface area contributed by atoms with Crippen LogP contribution >= 0.6 is 0 Å². The maximum atomic E-state index is 12.4. The molecule has 1 fully saturated rings. The monoisotopic (exact) mass is 344 g/mol. The molecule has 0 aliphatic carbocycles. The van der Waals surface area contributed by atoms with Crippen LogP contribution in [-0.2, 0) is 21.1 Å². The van der Waals surface area contributed by atoms with Gasteiger partial charge in [0.2, 0.25) is 0 Å². The Kier molecular flexibility index (Phi) is 6.00. The summed E-state index contributed by atoms with van der Waals surface area (Å²) < 4.78 is 30.9. The number of nitrogens with one attached hydrogen (secondary N) is 1. The number of carbonyl (C=O) groups is 1. The van der Waals surface area contributed by atoms with Crippen molar-refractivity contribution in [2.45, 2.75) is 26.4 Å². The minimum absolute atomic E-state index is 0.00963. The number of rotatable bonds is 6. The summed E-state index contributed by atoms with van der Waals surface area (Å²) in [6.07, 6.45) is 3.43. The van der Waals surface area contributed by atoms with Gasteiger partial charge in [-0.05, 0) is 13.8 Å². The Morgan fingerprint density at radius 2 is 2.26 bits per heavy atom. The number of hydrogen-bond acceptors (Lipinski definition) is 5. The number of urea groups is 1. The molecule has 1 aliphatic rings. The topological polar surface area (TPSA) is 93.5 Å². The van der Waals surface area contributed by atoms with Crippen LogP contribution < -0.4 is 5.32 Å². The van der Waals surface area contributed by atoms with E-state index >= 15 is 0 Å². The second-order valence-electron chi connectivity index (χ2n) is 5.38. The Morgan fingerprint density at radius 3 is 2.91 bits per heavy atom. The van der Waals surface area contributed by atoms with Crippen molar-refractivity contribution in [2.75, 3.05) is 37.8 Å². The molecule has 0 spiro atoms. The Labute approximate surface area is 136 Å². The van der Waals surface area contributed by atoms with Crippen molar-refractivity contribution in [3.05, 3.63) is 18.0 Å². The molecule has 2 rings (SSSR count). The summed E-state index contributed by atoms with van der Waals surface area (Å²) in [6.45, 7) is 6.15. The highest BCUT2D eigenvalue weighted by Crippen LogP contribution is 2.26. The lowest BCUT2D eigenvalue weighted by molar-refractivity contribution is 0.142. The molecule has 0 unspecified atom stereocenters. The second-order valence-corrected chi connectivity index (χ2v) is 7.61. The molecule has 0 radical (unpaired) electrons. The van der Waals surface area contributed by atoms with Gasteiger partial charge in [0.05, 0.1) is 30.4 Å². The number of sulfone groups is 1. The zero-order chi connectivity index (χ0) is 16.9. The van der Waals surface area contributed by atoms with E-state index in [9.17, 15) is 13.2 Å². The minimum atomic E-state index is -3.16. The van der Waals surface area contributed by atoms with Crippen LogP contribution in [0.25, 0.3) is 0 Å². The number of carbonyl (C=O) groups excluding carboxylic acids is 1. The molecule has 2 heterocycles. The largest absolute Gasteiger partial charge is 0.380 e. The van der Waals surface area contributed by atoms with E-state index in [0.717, 1.165) is 5.56 Å². The van der Waals surface area contributed by atoms with Crippen LogP contribution in [0.1, 0.15) is 25.5 Å². The molecule has 1 saturated heterocycles. The first-order chi connectivity index (χ1) is 11.0. The molecule has 130 valence electrons. The molecule has 1 aromatic heterocycles. The smallest absolute Gasteiger partial charge is 0.318 e. The first-order valence-electron chi connectivity index (χ1n) is 7.81. The lowest BCUT2D eigenvalue weighted by Gasteiger charge is -2.34. The Hall–Kier alpha value is -1.61. The van der Waals surface area contributed by atoms with E-state index in [0.29, 0.717) is 26.3 Å². The van der Waals surface area contributed by atoms with Crippen molar-refractivity contribution in [2.24, 2.45) is 0 Å². The number of nitrogens with zero attached hydrogens (tertiary/aromatic N) is 3. The van der Waals surface area contributed by atoms with E-state index in [2.05, 4.69) is 10.4 Å². The van der Waals surface area contributed by atoms with Gasteiger partial charge in [-0.2, -0.15) is 5.10 Å². The quantitative estimate of drug-likeness (QED) is 0.755. The number of hydrogen-bond donors (Lipinski definition) is 1. The molecule has 1 aliphatic heterocycles. The van der Waals surface area contributed by atoms with Gasteiger partial charge in [-0.1, -0.05) is 0 Å². The van der Waals surface area contributed by atoms with Crippen LogP contribution in [0.4, 0.5) is 4.79 Å². The Bertz CT molecular complexity index is 628. The molecule has 2 amide bonds. The molecule has 1 aromatic rings. The fourth-order valence-electron chi connectivity index (χ4n) is 2.53. The molecule has 0 saturated carbocycles. The molecule has 9 heteroatoms. The first kappa shape index (κ1) is 17.7. The lowest BCUT2D eigenvalue weighted by Crippen LogP contribution is -2.50. The SMILES string of the molecule is CCOCCNC(=O)N1CCS(=O)(=O)C[C@H]1c1cnn(CC)c1. The van der Waals surface area contributed by atoms with Gasteiger partial charge in [0.15, 0.2) is 9.84 Å². The lowest BCUT2D eigenvalue weighted by atomic mass is 10.1. The molecule has 23 heavy (non-hydrogen) atoms. The van der Waals surface area contributed by atoms with Crippen LogP contribution in [0.3, 0.4) is 0 Å². The first-order valence-corrected chi connectivity index (χ1v) is 9.64. The maximum absolute atomic E-state index is 12.4. The van der Waals surface area contributed by atoms with E-state index in [1.807, 2.05) is 13.8 Å². The fraction of sp³-hybridized carbons (Fsp3) is 0.714. The summed E-state index contributed by atoms with van der Waals surface area (Å²) in [7, 11) is -3.16. The normalized spacial score (nSPS) is 20.4. The van der Waals surface area contributed by atoms with E-state index in [1.54, 1.807) is 22.0 Å².